The molecule has 7 heteroatoms. The Morgan fingerprint density at radius 1 is 0.935 bits per heavy atom. The van der Waals surface area contributed by atoms with Crippen LogP contribution in [-0.4, -0.2) is 22.4 Å². The highest BCUT2D eigenvalue weighted by atomic mass is 19.1. The summed E-state index contributed by atoms with van der Waals surface area (Å²) in [5, 5.41) is 2.18. The van der Waals surface area contributed by atoms with Crippen molar-refractivity contribution in [3.63, 3.8) is 0 Å². The Hall–Kier alpha value is -4.00. The van der Waals surface area contributed by atoms with Crippen LogP contribution in [-0.2, 0) is 9.59 Å². The SMILES string of the molecule is Cc1ccccc1-n1c(C)cc(/C=C2/C(=O)NC(=O)N(c3ccc(F)cc3)C2=O)c1C. The number of para-hydroxylation sites is 1. The lowest BCUT2D eigenvalue weighted by Gasteiger charge is -2.26. The number of urea groups is 1. The van der Waals surface area contributed by atoms with Crippen LogP contribution < -0.4 is 10.2 Å². The van der Waals surface area contributed by atoms with E-state index in [9.17, 15) is 18.8 Å². The smallest absolute Gasteiger partial charge is 0.318 e. The van der Waals surface area contributed by atoms with E-state index in [1.165, 1.54) is 18.2 Å². The standard InChI is InChI=1S/C24H20FN3O3/c1-14-6-4-5-7-21(14)27-15(2)12-17(16(27)3)13-20-22(29)26-24(31)28(23(20)30)19-10-8-18(25)9-11-19/h4-13H,1-3H3,(H,26,29,31)/b20-13-. The number of amides is 4. The molecule has 4 rings (SSSR count). The third-order valence-corrected chi connectivity index (χ3v) is 5.31. The van der Waals surface area contributed by atoms with Crippen LogP contribution in [0.15, 0.2) is 60.2 Å². The van der Waals surface area contributed by atoms with Crippen molar-refractivity contribution in [3.05, 3.63) is 88.5 Å². The van der Waals surface area contributed by atoms with Crippen LogP contribution in [0.2, 0.25) is 0 Å². The number of rotatable bonds is 3. The van der Waals surface area contributed by atoms with E-state index in [1.54, 1.807) is 0 Å². The minimum atomic E-state index is -0.871. The number of halogens is 1. The molecule has 4 amide bonds. The molecule has 1 aromatic heterocycles. The number of carbonyl (C=O) groups excluding carboxylic acids is 3. The molecular formula is C24H20FN3O3. The average molecular weight is 417 g/mol. The molecule has 0 bridgehead atoms. The highest BCUT2D eigenvalue weighted by Crippen LogP contribution is 2.27. The fourth-order valence-corrected chi connectivity index (χ4v) is 3.76. The summed E-state index contributed by atoms with van der Waals surface area (Å²) in [6.45, 7) is 5.86. The summed E-state index contributed by atoms with van der Waals surface area (Å²) >= 11 is 0. The Morgan fingerprint density at radius 3 is 2.29 bits per heavy atom. The number of nitrogens with one attached hydrogen (secondary N) is 1. The Balaban J connectivity index is 1.77. The summed E-state index contributed by atoms with van der Waals surface area (Å²) in [7, 11) is 0. The van der Waals surface area contributed by atoms with Gasteiger partial charge in [0.15, 0.2) is 0 Å². The molecule has 31 heavy (non-hydrogen) atoms. The van der Waals surface area contributed by atoms with Gasteiger partial charge in [0, 0.05) is 17.1 Å². The summed E-state index contributed by atoms with van der Waals surface area (Å²) in [6, 6.07) is 13.8. The Labute approximate surface area is 178 Å². The molecule has 1 saturated heterocycles. The molecule has 3 aromatic rings. The zero-order chi connectivity index (χ0) is 22.3. The lowest BCUT2D eigenvalue weighted by molar-refractivity contribution is -0.122. The van der Waals surface area contributed by atoms with Gasteiger partial charge in [-0.1, -0.05) is 18.2 Å². The Bertz CT molecular complexity index is 1260. The van der Waals surface area contributed by atoms with E-state index < -0.39 is 23.7 Å². The molecular weight excluding hydrogens is 397 g/mol. The summed E-state index contributed by atoms with van der Waals surface area (Å²) in [6.07, 6.45) is 1.48. The molecule has 156 valence electrons. The summed E-state index contributed by atoms with van der Waals surface area (Å²) < 4.78 is 15.3. The highest BCUT2D eigenvalue weighted by molar-refractivity contribution is 6.39. The first-order valence-corrected chi connectivity index (χ1v) is 9.70. The largest absolute Gasteiger partial charge is 0.335 e. The van der Waals surface area contributed by atoms with Gasteiger partial charge < -0.3 is 4.57 Å². The molecule has 1 aliphatic rings. The first-order chi connectivity index (χ1) is 14.8. The van der Waals surface area contributed by atoms with Crippen molar-refractivity contribution >= 4 is 29.6 Å². The number of hydrogen-bond donors (Lipinski definition) is 1. The van der Waals surface area contributed by atoms with Crippen molar-refractivity contribution in [1.29, 1.82) is 0 Å². The van der Waals surface area contributed by atoms with Crippen molar-refractivity contribution in [2.75, 3.05) is 4.90 Å². The lowest BCUT2D eigenvalue weighted by atomic mass is 10.1. The van der Waals surface area contributed by atoms with Crippen molar-refractivity contribution < 1.29 is 18.8 Å². The molecule has 0 saturated carbocycles. The van der Waals surface area contributed by atoms with E-state index in [-0.39, 0.29) is 11.3 Å². The Morgan fingerprint density at radius 2 is 1.61 bits per heavy atom. The van der Waals surface area contributed by atoms with Crippen LogP contribution in [0.25, 0.3) is 11.8 Å². The third kappa shape index (κ3) is 3.54. The van der Waals surface area contributed by atoms with Gasteiger partial charge in [0.1, 0.15) is 11.4 Å². The van der Waals surface area contributed by atoms with Crippen molar-refractivity contribution in [2.45, 2.75) is 20.8 Å². The number of barbiturate groups is 1. The molecule has 2 aromatic carbocycles. The predicted octanol–water partition coefficient (Wildman–Crippen LogP) is 4.21. The minimum absolute atomic E-state index is 0.172. The number of aryl methyl sites for hydroxylation is 2. The fraction of sp³-hybridized carbons (Fsp3) is 0.125. The molecule has 0 aliphatic carbocycles. The number of hydrogen-bond acceptors (Lipinski definition) is 3. The average Bonchev–Trinajstić information content (AvgIpc) is 3.00. The van der Waals surface area contributed by atoms with Gasteiger partial charge >= 0.3 is 6.03 Å². The van der Waals surface area contributed by atoms with E-state index in [0.29, 0.717) is 5.56 Å². The summed E-state index contributed by atoms with van der Waals surface area (Å²) in [5.41, 5.74) is 4.57. The van der Waals surface area contributed by atoms with E-state index in [0.717, 1.165) is 39.7 Å². The second-order valence-electron chi connectivity index (χ2n) is 7.38. The molecule has 0 radical (unpaired) electrons. The zero-order valence-corrected chi connectivity index (χ0v) is 17.3. The number of benzene rings is 2. The van der Waals surface area contributed by atoms with Crippen molar-refractivity contribution in [2.24, 2.45) is 0 Å². The van der Waals surface area contributed by atoms with Gasteiger partial charge in [-0.25, -0.2) is 14.1 Å². The number of carbonyl (C=O) groups is 3. The molecule has 1 N–H and O–H groups in total. The molecule has 6 nitrogen and oxygen atoms in total. The molecule has 0 spiro atoms. The van der Waals surface area contributed by atoms with Gasteiger partial charge in [0.2, 0.25) is 0 Å². The first-order valence-electron chi connectivity index (χ1n) is 9.70. The van der Waals surface area contributed by atoms with Crippen molar-refractivity contribution in [3.8, 4) is 5.69 Å². The maximum absolute atomic E-state index is 13.3. The number of anilines is 1. The fourth-order valence-electron chi connectivity index (χ4n) is 3.76. The number of aromatic nitrogens is 1. The Kier molecular flexibility index (Phi) is 5.02. The quantitative estimate of drug-likeness (QED) is 0.513. The highest BCUT2D eigenvalue weighted by Gasteiger charge is 2.37. The van der Waals surface area contributed by atoms with Gasteiger partial charge in [-0.05, 0) is 74.4 Å². The summed E-state index contributed by atoms with van der Waals surface area (Å²) in [4.78, 5) is 38.6. The van der Waals surface area contributed by atoms with Crippen LogP contribution in [0, 0.1) is 26.6 Å². The van der Waals surface area contributed by atoms with Gasteiger partial charge in [0.25, 0.3) is 11.8 Å². The van der Waals surface area contributed by atoms with Crippen LogP contribution >= 0.6 is 0 Å². The van der Waals surface area contributed by atoms with Crippen molar-refractivity contribution in [1.82, 2.24) is 9.88 Å². The zero-order valence-electron chi connectivity index (χ0n) is 17.3. The monoisotopic (exact) mass is 417 g/mol. The van der Waals surface area contributed by atoms with E-state index in [4.69, 9.17) is 0 Å². The molecule has 0 unspecified atom stereocenters. The topological polar surface area (TPSA) is 71.4 Å². The summed E-state index contributed by atoms with van der Waals surface area (Å²) in [5.74, 6) is -2.03. The normalized spacial score (nSPS) is 15.5. The van der Waals surface area contributed by atoms with E-state index in [2.05, 4.69) is 9.88 Å². The van der Waals surface area contributed by atoms with Crippen LogP contribution in [0.3, 0.4) is 0 Å². The first kappa shape index (κ1) is 20.3. The van der Waals surface area contributed by atoms with Crippen LogP contribution in [0.4, 0.5) is 14.9 Å². The van der Waals surface area contributed by atoms with E-state index >= 15 is 0 Å². The maximum atomic E-state index is 13.3. The van der Waals surface area contributed by atoms with Gasteiger partial charge in [-0.3, -0.25) is 14.9 Å². The molecule has 1 fully saturated rings. The lowest BCUT2D eigenvalue weighted by Crippen LogP contribution is -2.54. The van der Waals surface area contributed by atoms with Crippen LogP contribution in [0.1, 0.15) is 22.5 Å². The minimum Gasteiger partial charge on any atom is -0.318 e. The van der Waals surface area contributed by atoms with Crippen LogP contribution in [0.5, 0.6) is 0 Å². The van der Waals surface area contributed by atoms with E-state index in [1.807, 2.05) is 51.1 Å². The number of imide groups is 2. The maximum Gasteiger partial charge on any atom is 0.335 e. The van der Waals surface area contributed by atoms with Gasteiger partial charge in [-0.15, -0.1) is 0 Å². The molecule has 0 atom stereocenters. The molecule has 1 aliphatic heterocycles. The second kappa shape index (κ2) is 7.68. The second-order valence-corrected chi connectivity index (χ2v) is 7.38. The molecule has 2 heterocycles. The van der Waals surface area contributed by atoms with Gasteiger partial charge in [-0.2, -0.15) is 0 Å². The number of nitrogens with zero attached hydrogens (tertiary/aromatic N) is 2. The third-order valence-electron chi connectivity index (χ3n) is 5.31. The van der Waals surface area contributed by atoms with Gasteiger partial charge in [0.05, 0.1) is 5.69 Å². The predicted molar refractivity (Wildman–Crippen MR) is 115 cm³/mol.